The monoisotopic (exact) mass is 284 g/mol. The summed E-state index contributed by atoms with van der Waals surface area (Å²) in [5.41, 5.74) is 8.33. The van der Waals surface area contributed by atoms with Crippen molar-refractivity contribution in [2.24, 2.45) is 0 Å². The first-order valence-electron chi connectivity index (χ1n) is 6.86. The molecule has 0 aliphatic carbocycles. The highest BCUT2D eigenvalue weighted by Gasteiger charge is 2.10. The first-order chi connectivity index (χ1) is 10.1. The topological polar surface area (TPSA) is 64.3 Å². The first-order valence-corrected chi connectivity index (χ1v) is 6.86. The van der Waals surface area contributed by atoms with Crippen LogP contribution < -0.4 is 15.8 Å². The lowest BCUT2D eigenvalue weighted by molar-refractivity contribution is -0.121. The Morgan fingerprint density at radius 2 is 1.95 bits per heavy atom. The SMILES string of the molecule is COc1ccc(C(C)NC(=O)Cc2cccc(N)c2)cc1. The van der Waals surface area contributed by atoms with Crippen LogP contribution in [0.3, 0.4) is 0 Å². The smallest absolute Gasteiger partial charge is 0.224 e. The van der Waals surface area contributed by atoms with E-state index in [4.69, 9.17) is 10.5 Å². The van der Waals surface area contributed by atoms with Crippen LogP contribution in [0.1, 0.15) is 24.1 Å². The van der Waals surface area contributed by atoms with Gasteiger partial charge in [-0.1, -0.05) is 24.3 Å². The zero-order valence-corrected chi connectivity index (χ0v) is 12.3. The van der Waals surface area contributed by atoms with E-state index in [1.807, 2.05) is 49.4 Å². The van der Waals surface area contributed by atoms with Gasteiger partial charge in [0, 0.05) is 5.69 Å². The second-order valence-corrected chi connectivity index (χ2v) is 4.98. The van der Waals surface area contributed by atoms with Gasteiger partial charge in [-0.15, -0.1) is 0 Å². The number of ether oxygens (including phenoxy) is 1. The number of carbonyl (C=O) groups excluding carboxylic acids is 1. The fraction of sp³-hybridized carbons (Fsp3) is 0.235. The van der Waals surface area contributed by atoms with E-state index < -0.39 is 0 Å². The largest absolute Gasteiger partial charge is 0.497 e. The third-order valence-electron chi connectivity index (χ3n) is 3.31. The molecule has 0 aliphatic rings. The minimum Gasteiger partial charge on any atom is -0.497 e. The number of nitrogen functional groups attached to an aromatic ring is 1. The minimum absolute atomic E-state index is 0.0241. The molecule has 0 heterocycles. The fourth-order valence-corrected chi connectivity index (χ4v) is 2.16. The highest BCUT2D eigenvalue weighted by Crippen LogP contribution is 2.17. The molecule has 0 bridgehead atoms. The summed E-state index contributed by atoms with van der Waals surface area (Å²) in [4.78, 5) is 12.1. The normalized spacial score (nSPS) is 11.7. The zero-order chi connectivity index (χ0) is 15.2. The van der Waals surface area contributed by atoms with E-state index in [0.717, 1.165) is 16.9 Å². The van der Waals surface area contributed by atoms with Crippen molar-refractivity contribution in [3.05, 3.63) is 59.7 Å². The Morgan fingerprint density at radius 1 is 1.24 bits per heavy atom. The van der Waals surface area contributed by atoms with Gasteiger partial charge < -0.3 is 15.8 Å². The molecule has 2 aromatic carbocycles. The number of amides is 1. The maximum Gasteiger partial charge on any atom is 0.224 e. The molecule has 0 aromatic heterocycles. The molecule has 0 saturated carbocycles. The molecule has 4 heteroatoms. The van der Waals surface area contributed by atoms with E-state index in [1.54, 1.807) is 13.2 Å². The van der Waals surface area contributed by atoms with E-state index >= 15 is 0 Å². The van der Waals surface area contributed by atoms with Crippen molar-refractivity contribution < 1.29 is 9.53 Å². The molecule has 1 amide bonds. The second kappa shape index (κ2) is 6.79. The average Bonchev–Trinajstić information content (AvgIpc) is 2.47. The summed E-state index contributed by atoms with van der Waals surface area (Å²) < 4.78 is 5.12. The Labute approximate surface area is 124 Å². The molecule has 3 N–H and O–H groups in total. The molecule has 0 radical (unpaired) electrons. The van der Waals surface area contributed by atoms with Crippen molar-refractivity contribution in [3.8, 4) is 5.75 Å². The van der Waals surface area contributed by atoms with Crippen LogP contribution in [0.25, 0.3) is 0 Å². The number of hydrogen-bond acceptors (Lipinski definition) is 3. The lowest BCUT2D eigenvalue weighted by Gasteiger charge is -2.15. The lowest BCUT2D eigenvalue weighted by Crippen LogP contribution is -2.28. The van der Waals surface area contributed by atoms with Gasteiger partial charge in [0.2, 0.25) is 5.91 Å². The predicted molar refractivity (Wildman–Crippen MR) is 84.1 cm³/mol. The van der Waals surface area contributed by atoms with Gasteiger partial charge >= 0.3 is 0 Å². The molecule has 21 heavy (non-hydrogen) atoms. The number of anilines is 1. The lowest BCUT2D eigenvalue weighted by atomic mass is 10.1. The Morgan fingerprint density at radius 3 is 2.57 bits per heavy atom. The Bertz CT molecular complexity index is 608. The highest BCUT2D eigenvalue weighted by atomic mass is 16.5. The maximum atomic E-state index is 12.1. The second-order valence-electron chi connectivity index (χ2n) is 4.98. The summed E-state index contributed by atoms with van der Waals surface area (Å²) in [6, 6.07) is 15.0. The van der Waals surface area contributed by atoms with Crippen LogP contribution in [0.15, 0.2) is 48.5 Å². The molecule has 4 nitrogen and oxygen atoms in total. The number of rotatable bonds is 5. The van der Waals surface area contributed by atoms with Crippen LogP contribution in [-0.2, 0) is 11.2 Å². The molecule has 2 rings (SSSR count). The van der Waals surface area contributed by atoms with Crippen LogP contribution in [-0.4, -0.2) is 13.0 Å². The molecule has 1 atom stereocenters. The van der Waals surface area contributed by atoms with Crippen LogP contribution >= 0.6 is 0 Å². The number of carbonyl (C=O) groups is 1. The zero-order valence-electron chi connectivity index (χ0n) is 12.3. The minimum atomic E-state index is -0.0514. The van der Waals surface area contributed by atoms with Crippen molar-refractivity contribution in [2.45, 2.75) is 19.4 Å². The van der Waals surface area contributed by atoms with Gasteiger partial charge in [-0.25, -0.2) is 0 Å². The molecule has 0 spiro atoms. The number of nitrogens with two attached hydrogens (primary N) is 1. The Balaban J connectivity index is 1.95. The van der Waals surface area contributed by atoms with Crippen molar-refractivity contribution in [2.75, 3.05) is 12.8 Å². The summed E-state index contributed by atoms with van der Waals surface area (Å²) in [5.74, 6) is 0.779. The van der Waals surface area contributed by atoms with Gasteiger partial charge in [-0.3, -0.25) is 4.79 Å². The molecule has 0 saturated heterocycles. The third-order valence-corrected chi connectivity index (χ3v) is 3.31. The Kier molecular flexibility index (Phi) is 4.82. The standard InChI is InChI=1S/C17H20N2O2/c1-12(14-6-8-16(21-2)9-7-14)19-17(20)11-13-4-3-5-15(18)10-13/h3-10,12H,11,18H2,1-2H3,(H,19,20). The van der Waals surface area contributed by atoms with Gasteiger partial charge in [0.05, 0.1) is 19.6 Å². The molecule has 2 aromatic rings. The molecular weight excluding hydrogens is 264 g/mol. The highest BCUT2D eigenvalue weighted by molar-refractivity contribution is 5.79. The molecule has 110 valence electrons. The van der Waals surface area contributed by atoms with E-state index in [0.29, 0.717) is 12.1 Å². The molecule has 0 fully saturated rings. The summed E-state index contributed by atoms with van der Waals surface area (Å²) in [7, 11) is 1.63. The summed E-state index contributed by atoms with van der Waals surface area (Å²) in [6.45, 7) is 1.96. The van der Waals surface area contributed by atoms with E-state index in [9.17, 15) is 4.79 Å². The van der Waals surface area contributed by atoms with Gasteiger partial charge in [-0.2, -0.15) is 0 Å². The summed E-state index contributed by atoms with van der Waals surface area (Å²) in [5, 5.41) is 2.98. The Hall–Kier alpha value is -2.49. The number of benzene rings is 2. The predicted octanol–water partition coefficient (Wildman–Crippen LogP) is 2.70. The summed E-state index contributed by atoms with van der Waals surface area (Å²) >= 11 is 0. The maximum absolute atomic E-state index is 12.1. The van der Waals surface area contributed by atoms with Gasteiger partial charge in [-0.05, 0) is 42.3 Å². The van der Waals surface area contributed by atoms with Crippen LogP contribution in [0.5, 0.6) is 5.75 Å². The van der Waals surface area contributed by atoms with Crippen LogP contribution in [0, 0.1) is 0 Å². The van der Waals surface area contributed by atoms with Crippen molar-refractivity contribution in [1.82, 2.24) is 5.32 Å². The van der Waals surface area contributed by atoms with E-state index in [-0.39, 0.29) is 11.9 Å². The quantitative estimate of drug-likeness (QED) is 0.830. The molecule has 0 aliphatic heterocycles. The van der Waals surface area contributed by atoms with Gasteiger partial charge in [0.1, 0.15) is 5.75 Å². The van der Waals surface area contributed by atoms with E-state index in [2.05, 4.69) is 5.32 Å². The van der Waals surface area contributed by atoms with Crippen molar-refractivity contribution >= 4 is 11.6 Å². The van der Waals surface area contributed by atoms with Crippen molar-refractivity contribution in [3.63, 3.8) is 0 Å². The van der Waals surface area contributed by atoms with Crippen LogP contribution in [0.4, 0.5) is 5.69 Å². The van der Waals surface area contributed by atoms with Crippen molar-refractivity contribution in [1.29, 1.82) is 0 Å². The molecule has 1 unspecified atom stereocenters. The number of methoxy groups -OCH3 is 1. The summed E-state index contributed by atoms with van der Waals surface area (Å²) in [6.07, 6.45) is 0.325. The van der Waals surface area contributed by atoms with E-state index in [1.165, 1.54) is 0 Å². The number of nitrogens with one attached hydrogen (secondary N) is 1. The van der Waals surface area contributed by atoms with Gasteiger partial charge in [0.25, 0.3) is 0 Å². The third kappa shape index (κ3) is 4.24. The first kappa shape index (κ1) is 14.9. The van der Waals surface area contributed by atoms with Crippen LogP contribution in [0.2, 0.25) is 0 Å². The van der Waals surface area contributed by atoms with Gasteiger partial charge in [0.15, 0.2) is 0 Å². The molecular formula is C17H20N2O2. The number of hydrogen-bond donors (Lipinski definition) is 2. The fourth-order valence-electron chi connectivity index (χ4n) is 2.16. The average molecular weight is 284 g/mol.